The van der Waals surface area contributed by atoms with Gasteiger partial charge in [-0.3, -0.25) is 9.59 Å². The molecule has 0 atom stereocenters. The predicted octanol–water partition coefficient (Wildman–Crippen LogP) is 4.67. The monoisotopic (exact) mass is 539 g/mol. The SMILES string of the molecule is CN1CCN(C(=O)Cc2ccc(Nc3ncc(F)c(Nc4ccc(C(=O)Nc5ccccc5)cc4)n3)cc2)CC1. The number of carbonyl (C=O) groups is 2. The summed E-state index contributed by atoms with van der Waals surface area (Å²) in [6.07, 6.45) is 1.43. The lowest BCUT2D eigenvalue weighted by Crippen LogP contribution is -2.47. The number of piperazine rings is 1. The summed E-state index contributed by atoms with van der Waals surface area (Å²) in [4.78, 5) is 37.5. The number of nitrogens with zero attached hydrogens (tertiary/aromatic N) is 4. The molecule has 2 amide bonds. The number of aromatic nitrogens is 2. The van der Waals surface area contributed by atoms with E-state index in [9.17, 15) is 14.0 Å². The van der Waals surface area contributed by atoms with Gasteiger partial charge in [0.1, 0.15) is 0 Å². The van der Waals surface area contributed by atoms with Gasteiger partial charge in [-0.15, -0.1) is 0 Å². The first-order valence-electron chi connectivity index (χ1n) is 13.0. The molecule has 4 aromatic rings. The van der Waals surface area contributed by atoms with Crippen molar-refractivity contribution >= 4 is 40.6 Å². The third-order valence-electron chi connectivity index (χ3n) is 6.61. The number of benzene rings is 3. The Balaban J connectivity index is 1.18. The molecule has 40 heavy (non-hydrogen) atoms. The average Bonchev–Trinajstić information content (AvgIpc) is 2.97. The van der Waals surface area contributed by atoms with Crippen molar-refractivity contribution in [3.05, 3.63) is 102 Å². The Morgan fingerprint density at radius 3 is 2.17 bits per heavy atom. The molecule has 0 saturated carbocycles. The van der Waals surface area contributed by atoms with Gasteiger partial charge in [0, 0.05) is 48.8 Å². The fourth-order valence-electron chi connectivity index (χ4n) is 4.26. The molecule has 1 aliphatic heterocycles. The molecule has 0 bridgehead atoms. The molecule has 3 N–H and O–H groups in total. The third kappa shape index (κ3) is 6.97. The van der Waals surface area contributed by atoms with Crippen molar-refractivity contribution in [2.75, 3.05) is 49.2 Å². The Kier molecular flexibility index (Phi) is 8.26. The molecule has 0 radical (unpaired) electrons. The van der Waals surface area contributed by atoms with Crippen molar-refractivity contribution in [3.8, 4) is 0 Å². The van der Waals surface area contributed by atoms with Crippen LogP contribution < -0.4 is 16.0 Å². The normalized spacial score (nSPS) is 13.5. The van der Waals surface area contributed by atoms with Gasteiger partial charge in [0.15, 0.2) is 11.6 Å². The van der Waals surface area contributed by atoms with Gasteiger partial charge in [0.25, 0.3) is 5.91 Å². The van der Waals surface area contributed by atoms with Gasteiger partial charge in [0.2, 0.25) is 11.9 Å². The van der Waals surface area contributed by atoms with Crippen LogP contribution in [0.15, 0.2) is 85.1 Å². The topological polar surface area (TPSA) is 102 Å². The van der Waals surface area contributed by atoms with Gasteiger partial charge in [-0.2, -0.15) is 4.98 Å². The summed E-state index contributed by atoms with van der Waals surface area (Å²) in [6, 6.07) is 23.3. The van der Waals surface area contributed by atoms with E-state index in [1.165, 1.54) is 0 Å². The molecule has 9 nitrogen and oxygen atoms in total. The second-order valence-electron chi connectivity index (χ2n) is 9.60. The number of nitrogens with one attached hydrogen (secondary N) is 3. The molecule has 5 rings (SSSR count). The van der Waals surface area contributed by atoms with Crippen molar-refractivity contribution in [2.45, 2.75) is 6.42 Å². The Bertz CT molecular complexity index is 1460. The average molecular weight is 540 g/mol. The maximum atomic E-state index is 14.5. The van der Waals surface area contributed by atoms with Crippen LogP contribution in [0.2, 0.25) is 0 Å². The number of anilines is 5. The Morgan fingerprint density at radius 2 is 1.48 bits per heavy atom. The third-order valence-corrected chi connectivity index (χ3v) is 6.61. The summed E-state index contributed by atoms with van der Waals surface area (Å²) >= 11 is 0. The standard InChI is InChI=1S/C30H30FN7O2/c1-37-15-17-38(18-16-37)27(39)19-21-7-11-25(12-8-21)35-30-32-20-26(31)28(36-30)33-24-13-9-22(10-14-24)29(40)34-23-5-3-2-4-6-23/h2-14,20H,15-19H2,1H3,(H,34,40)(H2,32,33,35,36). The van der Waals surface area contributed by atoms with Crippen LogP contribution in [0.5, 0.6) is 0 Å². The van der Waals surface area contributed by atoms with E-state index in [2.05, 4.69) is 37.9 Å². The van der Waals surface area contributed by atoms with Crippen molar-refractivity contribution in [1.29, 1.82) is 0 Å². The highest BCUT2D eigenvalue weighted by atomic mass is 19.1. The van der Waals surface area contributed by atoms with E-state index < -0.39 is 5.82 Å². The summed E-state index contributed by atoms with van der Waals surface area (Å²) in [5.74, 6) is -0.532. The molecule has 1 aliphatic rings. The van der Waals surface area contributed by atoms with Crippen LogP contribution in [0.3, 0.4) is 0 Å². The summed E-state index contributed by atoms with van der Waals surface area (Å²) < 4.78 is 14.5. The van der Waals surface area contributed by atoms with E-state index >= 15 is 0 Å². The van der Waals surface area contributed by atoms with Crippen molar-refractivity contribution in [3.63, 3.8) is 0 Å². The lowest BCUT2D eigenvalue weighted by atomic mass is 10.1. The molecular weight excluding hydrogens is 509 g/mol. The zero-order valence-electron chi connectivity index (χ0n) is 22.1. The van der Waals surface area contributed by atoms with Crippen molar-refractivity contribution in [2.24, 2.45) is 0 Å². The summed E-state index contributed by atoms with van der Waals surface area (Å²) in [6.45, 7) is 3.28. The van der Waals surface area contributed by atoms with Gasteiger partial charge >= 0.3 is 0 Å². The van der Waals surface area contributed by atoms with Gasteiger partial charge in [0.05, 0.1) is 12.6 Å². The number of hydrogen-bond donors (Lipinski definition) is 3. The molecule has 2 heterocycles. The summed E-state index contributed by atoms with van der Waals surface area (Å²) in [5.41, 5.74) is 3.36. The Hall–Kier alpha value is -4.83. The van der Waals surface area contributed by atoms with Gasteiger partial charge in [-0.1, -0.05) is 30.3 Å². The van der Waals surface area contributed by atoms with Crippen LogP contribution >= 0.6 is 0 Å². The van der Waals surface area contributed by atoms with E-state index in [-0.39, 0.29) is 23.6 Å². The molecule has 204 valence electrons. The van der Waals surface area contributed by atoms with Crippen LogP contribution in [0.25, 0.3) is 0 Å². The smallest absolute Gasteiger partial charge is 0.255 e. The summed E-state index contributed by atoms with van der Waals surface area (Å²) in [5, 5.41) is 8.83. The van der Waals surface area contributed by atoms with Crippen LogP contribution in [0.1, 0.15) is 15.9 Å². The van der Waals surface area contributed by atoms with Crippen LogP contribution in [-0.2, 0) is 11.2 Å². The van der Waals surface area contributed by atoms with Crippen LogP contribution in [0.4, 0.5) is 33.2 Å². The molecule has 1 fully saturated rings. The van der Waals surface area contributed by atoms with E-state index in [0.29, 0.717) is 29.0 Å². The second-order valence-corrected chi connectivity index (χ2v) is 9.60. The zero-order valence-corrected chi connectivity index (χ0v) is 22.1. The highest BCUT2D eigenvalue weighted by Crippen LogP contribution is 2.22. The van der Waals surface area contributed by atoms with Crippen LogP contribution in [0, 0.1) is 5.82 Å². The number of rotatable bonds is 8. The number of amides is 2. The van der Waals surface area contributed by atoms with Gasteiger partial charge < -0.3 is 25.8 Å². The highest BCUT2D eigenvalue weighted by Gasteiger charge is 2.19. The fraction of sp³-hybridized carbons (Fsp3) is 0.200. The zero-order chi connectivity index (χ0) is 27.9. The number of carbonyl (C=O) groups excluding carboxylic acids is 2. The molecule has 0 unspecified atom stereocenters. The largest absolute Gasteiger partial charge is 0.340 e. The maximum absolute atomic E-state index is 14.5. The number of likely N-dealkylation sites (N-methyl/N-ethyl adjacent to an activating group) is 1. The molecular formula is C30H30FN7O2. The predicted molar refractivity (Wildman–Crippen MR) is 154 cm³/mol. The minimum atomic E-state index is -0.616. The van der Waals surface area contributed by atoms with Crippen molar-refractivity contribution < 1.29 is 14.0 Å². The molecule has 1 saturated heterocycles. The number of hydrogen-bond acceptors (Lipinski definition) is 7. The minimum Gasteiger partial charge on any atom is -0.340 e. The summed E-state index contributed by atoms with van der Waals surface area (Å²) in [7, 11) is 2.06. The molecule has 1 aromatic heterocycles. The minimum absolute atomic E-state index is 0.00613. The lowest BCUT2D eigenvalue weighted by Gasteiger charge is -2.32. The second kappa shape index (κ2) is 12.4. The van der Waals surface area contributed by atoms with E-state index in [1.807, 2.05) is 59.5 Å². The number of para-hydroxylation sites is 1. The first-order valence-corrected chi connectivity index (χ1v) is 13.0. The maximum Gasteiger partial charge on any atom is 0.255 e. The molecule has 3 aromatic carbocycles. The van der Waals surface area contributed by atoms with Gasteiger partial charge in [-0.05, 0) is 61.1 Å². The van der Waals surface area contributed by atoms with Gasteiger partial charge in [-0.25, -0.2) is 9.37 Å². The van der Waals surface area contributed by atoms with Crippen molar-refractivity contribution in [1.82, 2.24) is 19.8 Å². The quantitative estimate of drug-likeness (QED) is 0.299. The molecule has 10 heteroatoms. The number of halogens is 1. The van der Waals surface area contributed by atoms with E-state index in [0.717, 1.165) is 37.9 Å². The lowest BCUT2D eigenvalue weighted by molar-refractivity contribution is -0.132. The Labute approximate surface area is 232 Å². The highest BCUT2D eigenvalue weighted by molar-refractivity contribution is 6.04. The van der Waals surface area contributed by atoms with Crippen LogP contribution in [-0.4, -0.2) is 64.8 Å². The first-order chi connectivity index (χ1) is 19.4. The fourth-order valence-corrected chi connectivity index (χ4v) is 4.26. The van der Waals surface area contributed by atoms with E-state index in [4.69, 9.17) is 0 Å². The van der Waals surface area contributed by atoms with E-state index in [1.54, 1.807) is 24.3 Å². The molecule has 0 spiro atoms. The Morgan fingerprint density at radius 1 is 0.825 bits per heavy atom. The molecule has 0 aliphatic carbocycles. The first kappa shape index (κ1) is 26.8.